The van der Waals surface area contributed by atoms with Crippen LogP contribution in [0.15, 0.2) is 73.3 Å². The average molecular weight is 1230 g/mol. The third-order valence-corrected chi connectivity index (χ3v) is 13.2. The number of benzene rings is 4. The zero-order valence-corrected chi connectivity index (χ0v) is 50.0. The van der Waals surface area contributed by atoms with Crippen molar-refractivity contribution in [2.45, 2.75) is 45.6 Å². The third-order valence-electron chi connectivity index (χ3n) is 11.7. The summed E-state index contributed by atoms with van der Waals surface area (Å²) in [7, 11) is 11.5. The van der Waals surface area contributed by atoms with Crippen LogP contribution in [0.5, 0.6) is 34.5 Å². The molecule has 0 aliphatic heterocycles. The van der Waals surface area contributed by atoms with E-state index in [0.29, 0.717) is 75.0 Å². The Morgan fingerprint density at radius 1 is 0.566 bits per heavy atom. The fraction of sp³-hybridized carbons (Fsp3) is 0.352. The molecule has 0 aliphatic rings. The zero-order valence-electron chi connectivity index (χ0n) is 46.9. The van der Waals surface area contributed by atoms with Crippen LogP contribution in [0.2, 0.25) is 20.1 Å². The van der Waals surface area contributed by atoms with Crippen molar-refractivity contribution < 1.29 is 66.9 Å². The molecule has 0 radical (unpaired) electrons. The summed E-state index contributed by atoms with van der Waals surface area (Å²) in [5.41, 5.74) is 0.408. The molecule has 29 heteroatoms. The Labute approximate surface area is 497 Å². The fourth-order valence-electron chi connectivity index (χ4n) is 7.49. The number of hydrogen-bond donors (Lipinski definition) is 0. The normalized spacial score (nSPS) is 10.9. The first kappa shape index (κ1) is 65.7. The van der Waals surface area contributed by atoms with Gasteiger partial charge < -0.3 is 42.6 Å². The minimum absolute atomic E-state index is 0.0206. The molecule has 2 heterocycles. The first-order chi connectivity index (χ1) is 39.4. The van der Waals surface area contributed by atoms with E-state index in [1.807, 2.05) is 0 Å². The molecule has 444 valence electrons. The van der Waals surface area contributed by atoms with E-state index in [2.05, 4.69) is 19.9 Å². The van der Waals surface area contributed by atoms with Gasteiger partial charge in [0.2, 0.25) is 5.91 Å². The Morgan fingerprint density at radius 3 is 1.36 bits per heavy atom. The topological polar surface area (TPSA) is 282 Å². The molecule has 4 aromatic carbocycles. The van der Waals surface area contributed by atoms with Crippen molar-refractivity contribution in [3.8, 4) is 34.5 Å². The molecule has 0 aliphatic carbocycles. The molecular weight excluding hydrogens is 1170 g/mol. The van der Waals surface area contributed by atoms with Gasteiger partial charge in [-0.15, -0.1) is 0 Å². The number of urea groups is 1. The molecule has 2 aromatic heterocycles. The van der Waals surface area contributed by atoms with Gasteiger partial charge in [-0.25, -0.2) is 29.5 Å². The molecule has 4 amide bonds. The Balaban J connectivity index is 0.000000308. The second kappa shape index (κ2) is 30.3. The van der Waals surface area contributed by atoms with Crippen molar-refractivity contribution in [3.63, 3.8) is 0 Å². The number of halogens is 4. The number of nitrogens with zero attached hydrogens (tertiary/aromatic N) is 9. The van der Waals surface area contributed by atoms with Crippen molar-refractivity contribution in [2.24, 2.45) is 0 Å². The van der Waals surface area contributed by atoms with E-state index >= 15 is 0 Å². The average Bonchev–Trinajstić information content (AvgIpc) is 3.66. The first-order valence-corrected chi connectivity index (χ1v) is 26.1. The second-order valence-corrected chi connectivity index (χ2v) is 19.8. The standard InChI is InChI=1S/C29H33Cl2N5O9.C25H26Cl2N4O7/c1-29(2,3)45-28(38)35(26-24(30)21(42-6)15-22(43-7)25(26)31)27(37)34(4)23-13-18(32-16-33-23)12-17-8-9-19(44-11-10-41-5)14-20(17)36(39)40;1-30(23(32)12-18-24(26)20(36-3)13-21(37-4)25(18)27)22-10-16(28-14-29-22)9-15-5-6-17(38-8-7-35-2)11-19(15)31(33)34/h8-9,13-16H,10-12H2,1-7H3;5-6,10-11,13-14H,7-9,12H2,1-4H3. The first-order valence-electron chi connectivity index (χ1n) is 24.6. The van der Waals surface area contributed by atoms with Gasteiger partial charge in [0.25, 0.3) is 11.4 Å². The van der Waals surface area contributed by atoms with Crippen molar-refractivity contribution in [1.29, 1.82) is 0 Å². The number of methoxy groups -OCH3 is 6. The Hall–Kier alpha value is -8.07. The van der Waals surface area contributed by atoms with Gasteiger partial charge in [-0.3, -0.25) is 34.8 Å². The lowest BCUT2D eigenvalue weighted by Gasteiger charge is -2.30. The summed E-state index contributed by atoms with van der Waals surface area (Å²) in [6.45, 7) is 6.04. The highest BCUT2D eigenvalue weighted by Crippen LogP contribution is 2.47. The molecule has 0 unspecified atom stereocenters. The highest BCUT2D eigenvalue weighted by molar-refractivity contribution is 6.43. The van der Waals surface area contributed by atoms with E-state index in [1.165, 1.54) is 97.6 Å². The van der Waals surface area contributed by atoms with Crippen molar-refractivity contribution in [3.05, 3.63) is 142 Å². The minimum Gasteiger partial charge on any atom is -0.495 e. The third kappa shape index (κ3) is 17.2. The van der Waals surface area contributed by atoms with E-state index < -0.39 is 27.6 Å². The van der Waals surface area contributed by atoms with Crippen LogP contribution in [0.1, 0.15) is 48.8 Å². The van der Waals surface area contributed by atoms with Gasteiger partial charge in [-0.2, -0.15) is 4.90 Å². The molecule has 0 spiro atoms. The number of likely N-dealkylation sites (N-methyl/N-ethyl adjacent to an activating group) is 1. The number of rotatable bonds is 23. The molecule has 0 atom stereocenters. The lowest BCUT2D eigenvalue weighted by atomic mass is 10.1. The van der Waals surface area contributed by atoms with Gasteiger partial charge in [-0.05, 0) is 45.0 Å². The monoisotopic (exact) mass is 1230 g/mol. The quantitative estimate of drug-likeness (QED) is 0.0327. The molecule has 83 heavy (non-hydrogen) atoms. The number of imide groups is 1. The van der Waals surface area contributed by atoms with Crippen molar-refractivity contribution >= 4 is 93.1 Å². The molecule has 6 aromatic rings. The fourth-order valence-corrected chi connectivity index (χ4v) is 8.80. The van der Waals surface area contributed by atoms with Crippen molar-refractivity contribution in [2.75, 3.05) is 97.9 Å². The number of nitro benzene ring substituents is 2. The Kier molecular flexibility index (Phi) is 24.0. The van der Waals surface area contributed by atoms with E-state index in [-0.39, 0.29) is 92.9 Å². The van der Waals surface area contributed by atoms with Gasteiger partial charge in [-0.1, -0.05) is 46.4 Å². The predicted molar refractivity (Wildman–Crippen MR) is 309 cm³/mol. The molecule has 25 nitrogen and oxygen atoms in total. The number of aromatic nitrogens is 4. The highest BCUT2D eigenvalue weighted by Gasteiger charge is 2.37. The largest absolute Gasteiger partial charge is 0.495 e. The summed E-state index contributed by atoms with van der Waals surface area (Å²) in [6, 6.07) is 14.1. The van der Waals surface area contributed by atoms with Gasteiger partial charge in [0.1, 0.15) is 93.3 Å². The lowest BCUT2D eigenvalue weighted by molar-refractivity contribution is -0.385. The number of amides is 4. The number of nitro groups is 2. The van der Waals surface area contributed by atoms with E-state index in [1.54, 1.807) is 58.2 Å². The number of carbonyl (C=O) groups excluding carboxylic acids is 3. The molecular formula is C54H59Cl4N9O16. The van der Waals surface area contributed by atoms with E-state index in [0.717, 1.165) is 4.90 Å². The van der Waals surface area contributed by atoms with E-state index in [4.69, 9.17) is 89.0 Å². The van der Waals surface area contributed by atoms with Crippen LogP contribution in [-0.2, 0) is 38.3 Å². The van der Waals surface area contributed by atoms with Gasteiger partial charge in [0.15, 0.2) is 0 Å². The summed E-state index contributed by atoms with van der Waals surface area (Å²) >= 11 is 26.0. The van der Waals surface area contributed by atoms with Crippen LogP contribution in [-0.4, -0.2) is 137 Å². The molecule has 0 N–H and O–H groups in total. The summed E-state index contributed by atoms with van der Waals surface area (Å²) in [4.78, 5) is 83.0. The van der Waals surface area contributed by atoms with Gasteiger partial charge in [0.05, 0.1) is 91.5 Å². The Bertz CT molecular complexity index is 3260. The number of hydrogen-bond acceptors (Lipinski definition) is 20. The predicted octanol–water partition coefficient (Wildman–Crippen LogP) is 10.9. The second-order valence-electron chi connectivity index (χ2n) is 18.3. The van der Waals surface area contributed by atoms with Crippen molar-refractivity contribution in [1.82, 2.24) is 19.9 Å². The highest BCUT2D eigenvalue weighted by atomic mass is 35.5. The SMILES string of the molecule is COCCOc1ccc(Cc2cc(N(C)C(=O)Cc3c(Cl)c(OC)cc(OC)c3Cl)ncn2)c([N+](=O)[O-])c1.COCCOc1ccc(Cc2cc(N(C)C(=O)N(C(=O)OC(C)(C)C)c3c(Cl)c(OC)cc(OC)c3Cl)ncn2)c([N+](=O)[O-])c1. The lowest BCUT2D eigenvalue weighted by Crippen LogP contribution is -2.47. The molecule has 0 saturated heterocycles. The van der Waals surface area contributed by atoms with Gasteiger partial charge in [0, 0.05) is 82.1 Å². The Morgan fingerprint density at radius 2 is 0.976 bits per heavy atom. The maximum absolute atomic E-state index is 14.0. The molecule has 0 fully saturated rings. The molecule has 6 rings (SSSR count). The number of anilines is 3. The minimum atomic E-state index is -1.09. The van der Waals surface area contributed by atoms with Crippen LogP contribution in [0.3, 0.4) is 0 Å². The molecule has 0 saturated carbocycles. The summed E-state index contributed by atoms with van der Waals surface area (Å²) in [5.74, 6) is 1.46. The van der Waals surface area contributed by atoms with Gasteiger partial charge >= 0.3 is 12.1 Å². The maximum atomic E-state index is 14.0. The van der Waals surface area contributed by atoms with E-state index in [9.17, 15) is 34.6 Å². The van der Waals surface area contributed by atoms with Crippen LogP contribution in [0.4, 0.5) is 38.3 Å². The number of ether oxygens (including phenoxy) is 9. The summed E-state index contributed by atoms with van der Waals surface area (Å²) in [5, 5.41) is 23.6. The van der Waals surface area contributed by atoms with Crippen LogP contribution in [0, 0.1) is 20.2 Å². The maximum Gasteiger partial charge on any atom is 0.423 e. The molecule has 0 bridgehead atoms. The van der Waals surface area contributed by atoms with Crippen LogP contribution < -0.4 is 43.1 Å². The van der Waals surface area contributed by atoms with Crippen LogP contribution in [0.25, 0.3) is 0 Å². The summed E-state index contributed by atoms with van der Waals surface area (Å²) in [6.07, 6.45) is 1.39. The van der Waals surface area contributed by atoms with Crippen LogP contribution >= 0.6 is 46.4 Å². The summed E-state index contributed by atoms with van der Waals surface area (Å²) < 4.78 is 47.5. The zero-order chi connectivity index (χ0) is 61.3. The number of carbonyl (C=O) groups is 3. The smallest absolute Gasteiger partial charge is 0.423 e.